The Morgan fingerprint density at radius 2 is 1.05 bits per heavy atom. The Balaban J connectivity index is 0.00000264. The summed E-state index contributed by atoms with van der Waals surface area (Å²) in [6.07, 6.45) is 4.02. The first-order valence-corrected chi connectivity index (χ1v) is 29.8. The van der Waals surface area contributed by atoms with Gasteiger partial charge in [0.1, 0.15) is 36.3 Å². The van der Waals surface area contributed by atoms with Gasteiger partial charge in [-0.05, 0) is 95.6 Å². The first kappa shape index (κ1) is 75.0. The number of nitrogens with zero attached hydrogens (tertiary/aromatic N) is 5. The predicted molar refractivity (Wildman–Crippen MR) is 291 cm³/mol. The second kappa shape index (κ2) is 29.2. The molecule has 1 aromatic heterocycles. The first-order chi connectivity index (χ1) is 37.6. The third kappa shape index (κ3) is 16.4. The van der Waals surface area contributed by atoms with Crippen molar-refractivity contribution in [1.82, 2.24) is 20.4 Å². The van der Waals surface area contributed by atoms with Gasteiger partial charge in [0.15, 0.2) is 5.71 Å². The SMILES string of the molecule is O=C1C=C(NNc2ccc(/C=C\c3ccc(-n4nc5cc(S(=O)(=O)O)c6ccccc6c5n4)cc3S(=O)(=O)O)c(S(=O)(=O)O)c2)c2cc(S(=O)(=O)O)ccc2C1=NN=C1C(=O)c2ccc(Nc3ccccc3)cc2C=C1S(=O)(=O)O.[Cu].[Na+].[Na+].[Na+].[Na+].[Na+]. The molecule has 10 rings (SSSR count). The van der Waals surface area contributed by atoms with Crippen molar-refractivity contribution in [2.45, 2.75) is 19.6 Å². The normalized spacial score (nSPS) is 14.2. The number of para-hydroxylation sites is 1. The summed E-state index contributed by atoms with van der Waals surface area (Å²) in [5.41, 5.74) is 3.88. The zero-order valence-corrected chi connectivity index (χ0v) is 60.2. The minimum absolute atomic E-state index is 0. The summed E-state index contributed by atoms with van der Waals surface area (Å²) < 4.78 is 176. The van der Waals surface area contributed by atoms with Crippen LogP contribution >= 0.6 is 0 Å². The quantitative estimate of drug-likeness (QED) is 0.0217. The summed E-state index contributed by atoms with van der Waals surface area (Å²) in [5, 5.41) is 19.9. The zero-order valence-electron chi connectivity index (χ0n) is 45.2. The number of fused-ring (bicyclic) bond motifs is 5. The standard InChI is InChI=1S/C50H34N8O17S5.Cu.5Na/c59-42-25-40(39-24-34(76(61,62)63)17-19-38(39)48(42)54-55-49-46(80(73,74)75)21-29-20-31(15-18-35(29)50(49)60)51-30-6-2-1-3-7-30)53-52-32-14-12-27(43(22-32)77(64,65)66)10-11-28-13-16-33(23-44(28)78(67,68)69)58-56-41-26-45(79(70,71)72)36-8-4-5-9-37(36)47(41)57-58;;;;;;/h1-26,51-53H,(H,61,62,63)(H,64,65,66)(H,67,68,69)(H,70,71,72)(H,73,74,75);;;;;;/q;;5*+1/b11-10-,54-48?,55-49?;;;;;;. The molecule has 1 heterocycles. The van der Waals surface area contributed by atoms with Crippen LogP contribution in [0.15, 0.2) is 174 Å². The van der Waals surface area contributed by atoms with Crippen molar-refractivity contribution in [2.24, 2.45) is 10.2 Å². The molecule has 2 aliphatic rings. The molecule has 0 spiro atoms. The Labute approximate surface area is 611 Å². The molecular formula is C50H34CuN8Na5O17S5+5. The maximum atomic E-state index is 13.8. The number of hydrogen-bond acceptors (Lipinski definition) is 19. The molecule has 417 valence electrons. The maximum absolute atomic E-state index is 13.8. The largest absolute Gasteiger partial charge is 1.00 e. The first-order valence-electron chi connectivity index (χ1n) is 22.6. The van der Waals surface area contributed by atoms with E-state index in [4.69, 9.17) is 0 Å². The van der Waals surface area contributed by atoms with Crippen molar-refractivity contribution in [1.29, 1.82) is 0 Å². The molecule has 0 atom stereocenters. The van der Waals surface area contributed by atoms with Gasteiger partial charge in [0.2, 0.25) is 11.6 Å². The fraction of sp³-hybridized carbons (Fsp3) is 0. The van der Waals surface area contributed by atoms with Crippen molar-refractivity contribution >= 4 is 136 Å². The molecule has 0 unspecified atom stereocenters. The summed E-state index contributed by atoms with van der Waals surface area (Å²) in [6, 6.07) is 30.1. The van der Waals surface area contributed by atoms with Crippen LogP contribution in [0.3, 0.4) is 0 Å². The number of benzene rings is 7. The van der Waals surface area contributed by atoms with E-state index in [0.29, 0.717) is 11.4 Å². The number of carbonyl (C=O) groups is 2. The fourth-order valence-corrected chi connectivity index (χ4v) is 11.9. The Hall–Kier alpha value is -3.43. The second-order valence-electron chi connectivity index (χ2n) is 17.4. The van der Waals surface area contributed by atoms with E-state index < -0.39 is 98.1 Å². The molecule has 25 nitrogen and oxygen atoms in total. The van der Waals surface area contributed by atoms with E-state index >= 15 is 0 Å². The number of hydrazine groups is 1. The Kier molecular flexibility index (Phi) is 25.5. The average molecular weight is 1360 g/mol. The van der Waals surface area contributed by atoms with Gasteiger partial charge in [0.05, 0.1) is 22.0 Å². The number of ketones is 2. The van der Waals surface area contributed by atoms with E-state index in [9.17, 15) is 74.4 Å². The molecule has 86 heavy (non-hydrogen) atoms. The van der Waals surface area contributed by atoms with E-state index in [0.717, 1.165) is 71.6 Å². The van der Waals surface area contributed by atoms with Crippen molar-refractivity contribution in [3.05, 3.63) is 178 Å². The smallest absolute Gasteiger partial charge is 0.356 e. The van der Waals surface area contributed by atoms with Gasteiger partial charge in [0.25, 0.3) is 50.6 Å². The van der Waals surface area contributed by atoms with Gasteiger partial charge in [-0.2, -0.15) is 46.9 Å². The van der Waals surface area contributed by atoms with Crippen LogP contribution in [0.2, 0.25) is 0 Å². The molecule has 0 aliphatic heterocycles. The topological polar surface area (TPSA) is 398 Å². The van der Waals surface area contributed by atoms with Gasteiger partial charge >= 0.3 is 148 Å². The summed E-state index contributed by atoms with van der Waals surface area (Å²) in [7, 11) is -25.0. The van der Waals surface area contributed by atoms with Crippen LogP contribution in [0.1, 0.15) is 38.2 Å². The number of anilines is 3. The van der Waals surface area contributed by atoms with Gasteiger partial charge in [-0.25, -0.2) is 0 Å². The Morgan fingerprint density at radius 1 is 0.477 bits per heavy atom. The van der Waals surface area contributed by atoms with Crippen LogP contribution in [0, 0.1) is 0 Å². The van der Waals surface area contributed by atoms with E-state index in [1.807, 2.05) is 0 Å². The molecule has 8 N–H and O–H groups in total. The van der Waals surface area contributed by atoms with Crippen molar-refractivity contribution < 1.29 is 239 Å². The van der Waals surface area contributed by atoms with Gasteiger partial charge in [0, 0.05) is 62.0 Å². The maximum Gasteiger partial charge on any atom is 1.00 e. The molecule has 0 fully saturated rings. The molecule has 0 bridgehead atoms. The molecular weight excluding hydrogens is 1320 g/mol. The number of hydrogen-bond donors (Lipinski definition) is 8. The summed E-state index contributed by atoms with van der Waals surface area (Å²) >= 11 is 0. The van der Waals surface area contributed by atoms with Crippen molar-refractivity contribution in [3.8, 4) is 5.69 Å². The molecule has 0 amide bonds. The molecule has 8 aromatic rings. The third-order valence-corrected chi connectivity index (χ3v) is 16.6. The second-order valence-corrected chi connectivity index (χ2v) is 24.3. The van der Waals surface area contributed by atoms with Gasteiger partial charge in [-0.3, -0.25) is 32.4 Å². The van der Waals surface area contributed by atoms with E-state index in [1.165, 1.54) is 54.6 Å². The molecule has 36 heteroatoms. The summed E-state index contributed by atoms with van der Waals surface area (Å²) in [5.74, 6) is -1.98. The number of Topliss-reactive ketones (excluding diaryl/α,β-unsaturated/α-hetero) is 1. The summed E-state index contributed by atoms with van der Waals surface area (Å²) in [6.45, 7) is 0. The van der Waals surface area contributed by atoms with E-state index in [2.05, 4.69) is 36.6 Å². The molecule has 7 aromatic carbocycles. The molecule has 2 aliphatic carbocycles. The molecule has 0 saturated heterocycles. The average Bonchev–Trinajstić information content (AvgIpc) is 1.96. The number of nitrogens with one attached hydrogen (secondary N) is 3. The minimum atomic E-state index is -5.18. The van der Waals surface area contributed by atoms with Crippen LogP contribution in [-0.2, 0) is 72.5 Å². The number of carbonyl (C=O) groups excluding carboxylic acids is 2. The van der Waals surface area contributed by atoms with E-state index in [1.54, 1.807) is 36.4 Å². The number of allylic oxidation sites excluding steroid dienone is 2. The minimum Gasteiger partial charge on any atom is -0.356 e. The van der Waals surface area contributed by atoms with Crippen molar-refractivity contribution in [3.63, 3.8) is 0 Å². The number of aromatic nitrogens is 3. The van der Waals surface area contributed by atoms with Crippen molar-refractivity contribution in [2.75, 3.05) is 10.7 Å². The van der Waals surface area contributed by atoms with Crippen LogP contribution in [0.25, 0.3) is 51.4 Å². The molecule has 0 saturated carbocycles. The van der Waals surface area contributed by atoms with Gasteiger partial charge < -0.3 is 16.2 Å². The van der Waals surface area contributed by atoms with Crippen LogP contribution in [0.5, 0.6) is 0 Å². The van der Waals surface area contributed by atoms with Gasteiger partial charge in [-0.15, -0.1) is 20.4 Å². The Morgan fingerprint density at radius 3 is 1.66 bits per heavy atom. The summed E-state index contributed by atoms with van der Waals surface area (Å²) in [4.78, 5) is 25.0. The van der Waals surface area contributed by atoms with E-state index in [-0.39, 0.29) is 237 Å². The predicted octanol–water partition coefficient (Wildman–Crippen LogP) is -8.70. The number of rotatable bonds is 14. The van der Waals surface area contributed by atoms with Crippen LogP contribution < -0.4 is 164 Å². The van der Waals surface area contributed by atoms with Gasteiger partial charge in [-0.1, -0.05) is 72.8 Å². The monoisotopic (exact) mass is 1360 g/mol. The zero-order chi connectivity index (χ0) is 57.3. The Bertz CT molecular complexity index is 4840. The fourth-order valence-electron chi connectivity index (χ4n) is 8.57. The third-order valence-electron chi connectivity index (χ3n) is 12.2. The molecule has 1 radical (unpaired) electrons. The van der Waals surface area contributed by atoms with Crippen LogP contribution in [0.4, 0.5) is 17.1 Å². The van der Waals surface area contributed by atoms with Crippen LogP contribution in [-0.4, -0.2) is 103 Å².